The lowest BCUT2D eigenvalue weighted by Crippen LogP contribution is -1.84. The maximum atomic E-state index is 13.4. The molecule has 0 aliphatic rings. The van der Waals surface area contributed by atoms with Crippen LogP contribution in [0.4, 0.5) is 4.39 Å². The Kier molecular flexibility index (Phi) is 2.04. The molecule has 0 atom stereocenters. The first kappa shape index (κ1) is 9.54. The molecule has 0 amide bonds. The summed E-state index contributed by atoms with van der Waals surface area (Å²) in [4.78, 5) is 5.36. The van der Waals surface area contributed by atoms with Crippen molar-refractivity contribution in [2.45, 2.75) is 6.92 Å². The molecule has 0 spiro atoms. The molecule has 1 aromatic carbocycles. The van der Waals surface area contributed by atoms with Crippen LogP contribution >= 0.6 is 11.3 Å². The van der Waals surface area contributed by atoms with E-state index in [2.05, 4.69) is 4.98 Å². The summed E-state index contributed by atoms with van der Waals surface area (Å²) in [5.74, 6) is -0.186. The van der Waals surface area contributed by atoms with E-state index in [-0.39, 0.29) is 5.82 Å². The first-order valence-electron chi connectivity index (χ1n) is 4.93. The van der Waals surface area contributed by atoms with Crippen molar-refractivity contribution in [1.82, 2.24) is 9.38 Å². The molecular weight excluding hydrogens is 223 g/mol. The predicted molar refractivity (Wildman–Crippen MR) is 63.2 cm³/mol. The van der Waals surface area contributed by atoms with Gasteiger partial charge in [-0.15, -0.1) is 11.3 Å². The van der Waals surface area contributed by atoms with Crippen molar-refractivity contribution in [3.63, 3.8) is 0 Å². The molecular formula is C12H9FN2S. The van der Waals surface area contributed by atoms with Crippen molar-refractivity contribution >= 4 is 16.3 Å². The number of halogens is 1. The van der Waals surface area contributed by atoms with E-state index in [1.807, 2.05) is 28.2 Å². The van der Waals surface area contributed by atoms with Crippen molar-refractivity contribution in [2.75, 3.05) is 0 Å². The third kappa shape index (κ3) is 1.42. The minimum absolute atomic E-state index is 0.186. The quantitative estimate of drug-likeness (QED) is 0.627. The molecule has 0 unspecified atom stereocenters. The number of benzene rings is 1. The van der Waals surface area contributed by atoms with Gasteiger partial charge in [-0.3, -0.25) is 4.40 Å². The van der Waals surface area contributed by atoms with E-state index >= 15 is 0 Å². The van der Waals surface area contributed by atoms with Crippen molar-refractivity contribution in [2.24, 2.45) is 0 Å². The van der Waals surface area contributed by atoms with Gasteiger partial charge in [0.15, 0.2) is 4.96 Å². The van der Waals surface area contributed by atoms with Gasteiger partial charge in [-0.25, -0.2) is 9.37 Å². The van der Waals surface area contributed by atoms with Gasteiger partial charge in [-0.1, -0.05) is 12.1 Å². The lowest BCUT2D eigenvalue weighted by molar-refractivity contribution is 0.619. The first-order chi connectivity index (χ1) is 7.74. The molecule has 0 bridgehead atoms. The Balaban J connectivity index is 2.15. The molecule has 16 heavy (non-hydrogen) atoms. The molecule has 3 aromatic rings. The van der Waals surface area contributed by atoms with Crippen LogP contribution in [0.3, 0.4) is 0 Å². The number of hydrogen-bond donors (Lipinski definition) is 0. The molecule has 0 fully saturated rings. The number of thiazole rings is 1. The summed E-state index contributed by atoms with van der Waals surface area (Å²) in [7, 11) is 0. The molecule has 4 heteroatoms. The van der Waals surface area contributed by atoms with Crippen LogP contribution in [0.5, 0.6) is 0 Å². The largest absolute Gasteiger partial charge is 0.297 e. The topological polar surface area (TPSA) is 17.3 Å². The van der Waals surface area contributed by atoms with E-state index in [1.165, 1.54) is 6.07 Å². The molecule has 3 rings (SSSR count). The standard InChI is InChI=1S/C12H9FN2S/c1-8-2-3-9(6-10(8)13)11-7-15-4-5-16-12(15)14-11/h2-7H,1H3. The van der Waals surface area contributed by atoms with Crippen LogP contribution < -0.4 is 0 Å². The average Bonchev–Trinajstić information content (AvgIpc) is 2.81. The van der Waals surface area contributed by atoms with E-state index < -0.39 is 0 Å². The maximum absolute atomic E-state index is 13.4. The Bertz CT molecular complexity index is 625. The molecule has 2 nitrogen and oxygen atoms in total. The van der Waals surface area contributed by atoms with Gasteiger partial charge in [0.05, 0.1) is 5.69 Å². The highest BCUT2D eigenvalue weighted by atomic mass is 32.1. The summed E-state index contributed by atoms with van der Waals surface area (Å²) in [5, 5.41) is 1.97. The van der Waals surface area contributed by atoms with Gasteiger partial charge in [-0.2, -0.15) is 0 Å². The van der Waals surface area contributed by atoms with E-state index in [0.29, 0.717) is 5.56 Å². The zero-order chi connectivity index (χ0) is 11.1. The average molecular weight is 232 g/mol. The third-order valence-corrected chi connectivity index (χ3v) is 3.33. The van der Waals surface area contributed by atoms with Crippen LogP contribution in [0.1, 0.15) is 5.56 Å². The molecule has 2 aromatic heterocycles. The highest BCUT2D eigenvalue weighted by Crippen LogP contribution is 2.23. The minimum Gasteiger partial charge on any atom is -0.297 e. The van der Waals surface area contributed by atoms with Gasteiger partial charge in [0, 0.05) is 23.3 Å². The van der Waals surface area contributed by atoms with Gasteiger partial charge >= 0.3 is 0 Å². The fourth-order valence-corrected chi connectivity index (χ4v) is 2.32. The second kappa shape index (κ2) is 3.42. The van der Waals surface area contributed by atoms with Crippen molar-refractivity contribution < 1.29 is 4.39 Å². The number of hydrogen-bond acceptors (Lipinski definition) is 2. The van der Waals surface area contributed by atoms with Crippen molar-refractivity contribution in [3.05, 3.63) is 47.4 Å². The second-order valence-electron chi connectivity index (χ2n) is 3.68. The normalized spacial score (nSPS) is 11.1. The number of aryl methyl sites for hydroxylation is 1. The molecule has 0 aliphatic carbocycles. The van der Waals surface area contributed by atoms with Gasteiger partial charge in [0.25, 0.3) is 0 Å². The van der Waals surface area contributed by atoms with Crippen LogP contribution in [0.25, 0.3) is 16.2 Å². The number of nitrogens with zero attached hydrogens (tertiary/aromatic N) is 2. The van der Waals surface area contributed by atoms with Crippen LogP contribution in [-0.2, 0) is 0 Å². The molecule has 80 valence electrons. The first-order valence-corrected chi connectivity index (χ1v) is 5.81. The zero-order valence-electron chi connectivity index (χ0n) is 8.64. The highest BCUT2D eigenvalue weighted by Gasteiger charge is 2.06. The highest BCUT2D eigenvalue weighted by molar-refractivity contribution is 7.15. The number of rotatable bonds is 1. The van der Waals surface area contributed by atoms with E-state index in [1.54, 1.807) is 24.3 Å². The Hall–Kier alpha value is -1.68. The molecule has 0 saturated carbocycles. The van der Waals surface area contributed by atoms with Crippen molar-refractivity contribution in [1.29, 1.82) is 0 Å². The summed E-state index contributed by atoms with van der Waals surface area (Å²) >= 11 is 1.57. The SMILES string of the molecule is Cc1ccc(-c2cn3ccsc3n2)cc1F. The minimum atomic E-state index is -0.186. The van der Waals surface area contributed by atoms with Crippen LogP contribution in [0.15, 0.2) is 36.0 Å². The van der Waals surface area contributed by atoms with Crippen LogP contribution in [-0.4, -0.2) is 9.38 Å². The summed E-state index contributed by atoms with van der Waals surface area (Å²) in [6.45, 7) is 1.75. The molecule has 0 radical (unpaired) electrons. The number of imidazole rings is 1. The smallest absolute Gasteiger partial charge is 0.194 e. The van der Waals surface area contributed by atoms with Crippen molar-refractivity contribution in [3.8, 4) is 11.3 Å². The predicted octanol–water partition coefficient (Wildman–Crippen LogP) is 3.51. The zero-order valence-corrected chi connectivity index (χ0v) is 9.46. The Morgan fingerprint density at radius 3 is 3.00 bits per heavy atom. The van der Waals surface area contributed by atoms with Gasteiger partial charge < -0.3 is 0 Å². The van der Waals surface area contributed by atoms with E-state index in [0.717, 1.165) is 16.2 Å². The summed E-state index contributed by atoms with van der Waals surface area (Å²) in [6, 6.07) is 5.20. The monoisotopic (exact) mass is 232 g/mol. The lowest BCUT2D eigenvalue weighted by atomic mass is 10.1. The lowest BCUT2D eigenvalue weighted by Gasteiger charge is -1.99. The Morgan fingerprint density at radius 2 is 2.25 bits per heavy atom. The fourth-order valence-electron chi connectivity index (χ4n) is 1.62. The molecule has 0 N–H and O–H groups in total. The van der Waals surface area contributed by atoms with Crippen LogP contribution in [0, 0.1) is 12.7 Å². The fraction of sp³-hybridized carbons (Fsp3) is 0.0833. The molecule has 0 aliphatic heterocycles. The van der Waals surface area contributed by atoms with Gasteiger partial charge in [0.1, 0.15) is 5.82 Å². The Labute approximate surface area is 96.0 Å². The number of fused-ring (bicyclic) bond motifs is 1. The molecule has 0 saturated heterocycles. The maximum Gasteiger partial charge on any atom is 0.194 e. The van der Waals surface area contributed by atoms with Gasteiger partial charge in [-0.05, 0) is 18.6 Å². The van der Waals surface area contributed by atoms with E-state index in [9.17, 15) is 4.39 Å². The van der Waals surface area contributed by atoms with Crippen LogP contribution in [0.2, 0.25) is 0 Å². The second-order valence-corrected chi connectivity index (χ2v) is 4.56. The summed E-state index contributed by atoms with van der Waals surface area (Å²) < 4.78 is 15.4. The Morgan fingerprint density at radius 1 is 1.38 bits per heavy atom. The summed E-state index contributed by atoms with van der Waals surface area (Å²) in [6.07, 6.45) is 3.86. The number of aromatic nitrogens is 2. The van der Waals surface area contributed by atoms with Gasteiger partial charge in [0.2, 0.25) is 0 Å². The third-order valence-electron chi connectivity index (χ3n) is 2.56. The summed E-state index contributed by atoms with van der Waals surface area (Å²) in [5.41, 5.74) is 2.29. The van der Waals surface area contributed by atoms with E-state index in [4.69, 9.17) is 0 Å². The molecule has 2 heterocycles.